The lowest BCUT2D eigenvalue weighted by molar-refractivity contribution is -0.136. The van der Waals surface area contributed by atoms with Crippen molar-refractivity contribution in [3.05, 3.63) is 47.3 Å². The summed E-state index contributed by atoms with van der Waals surface area (Å²) in [5.74, 6) is -1.92. The minimum Gasteiger partial charge on any atom is -0.447 e. The number of ether oxygens (including phenoxy) is 2. The third kappa shape index (κ3) is 8.26. The monoisotopic (exact) mass is 544 g/mol. The van der Waals surface area contributed by atoms with Crippen LogP contribution in [0.2, 0.25) is 0 Å². The average Bonchev–Trinajstić information content (AvgIpc) is 2.92. The number of nitrogens with one attached hydrogen (secondary N) is 1. The van der Waals surface area contributed by atoms with Crippen molar-refractivity contribution in [1.29, 1.82) is 5.26 Å². The van der Waals surface area contributed by atoms with E-state index >= 15 is 0 Å². The van der Waals surface area contributed by atoms with Crippen molar-refractivity contribution in [2.45, 2.75) is 63.5 Å². The Balaban J connectivity index is 1.67. The molecule has 2 aliphatic heterocycles. The molecule has 3 rings (SSSR count). The van der Waals surface area contributed by atoms with Crippen LogP contribution in [0, 0.1) is 17.1 Å². The minimum atomic E-state index is -1.87. The van der Waals surface area contributed by atoms with E-state index in [-0.39, 0.29) is 18.6 Å². The summed E-state index contributed by atoms with van der Waals surface area (Å²) in [5, 5.41) is 31.8. The summed E-state index contributed by atoms with van der Waals surface area (Å²) < 4.78 is 24.1. The van der Waals surface area contributed by atoms with Gasteiger partial charge in [0.1, 0.15) is 24.1 Å². The van der Waals surface area contributed by atoms with Gasteiger partial charge >= 0.3 is 13.2 Å². The highest BCUT2D eigenvalue weighted by atomic mass is 19.1. The summed E-state index contributed by atoms with van der Waals surface area (Å²) >= 11 is 0. The Morgan fingerprint density at radius 2 is 1.92 bits per heavy atom. The van der Waals surface area contributed by atoms with Gasteiger partial charge < -0.3 is 29.7 Å². The Morgan fingerprint density at radius 3 is 2.54 bits per heavy atom. The Morgan fingerprint density at radius 1 is 1.26 bits per heavy atom. The molecule has 2 aliphatic rings. The lowest BCUT2D eigenvalue weighted by Crippen LogP contribution is -2.57. The molecular weight excluding hydrogens is 506 g/mol. The van der Waals surface area contributed by atoms with Crippen LogP contribution in [-0.4, -0.2) is 95.4 Å². The first-order valence-corrected chi connectivity index (χ1v) is 13.3. The number of carbonyl (C=O) groups is 2. The van der Waals surface area contributed by atoms with Gasteiger partial charge in [-0.25, -0.2) is 9.18 Å². The molecule has 3 N–H and O–H groups in total. The van der Waals surface area contributed by atoms with E-state index in [0.29, 0.717) is 44.8 Å². The molecule has 0 bridgehead atoms. The van der Waals surface area contributed by atoms with E-state index in [2.05, 4.69) is 16.3 Å². The van der Waals surface area contributed by atoms with Gasteiger partial charge in [0.15, 0.2) is 0 Å². The molecule has 0 radical (unpaired) electrons. The number of amides is 2. The summed E-state index contributed by atoms with van der Waals surface area (Å²) in [6, 6.07) is 7.55. The van der Waals surface area contributed by atoms with Crippen LogP contribution in [0.15, 0.2) is 35.9 Å². The van der Waals surface area contributed by atoms with Crippen LogP contribution in [0.3, 0.4) is 0 Å². The molecule has 2 amide bonds. The maximum atomic E-state index is 13.6. The third-order valence-corrected chi connectivity index (χ3v) is 7.46. The number of nitriles is 1. The Labute approximate surface area is 229 Å². The molecule has 212 valence electrons. The first-order valence-electron chi connectivity index (χ1n) is 13.3. The molecule has 1 aromatic rings. The molecule has 0 saturated carbocycles. The molecule has 0 unspecified atom stereocenters. The number of hydrogen-bond acceptors (Lipinski definition) is 8. The maximum absolute atomic E-state index is 13.6. The zero-order valence-corrected chi connectivity index (χ0v) is 22.9. The summed E-state index contributed by atoms with van der Waals surface area (Å²) in [6.07, 6.45) is 3.02. The van der Waals surface area contributed by atoms with Crippen molar-refractivity contribution in [2.75, 3.05) is 39.5 Å². The Kier molecular flexibility index (Phi) is 10.5. The Bertz CT molecular complexity index is 1070. The number of hydrogen-bond donors (Lipinski definition) is 3. The molecule has 2 fully saturated rings. The largest absolute Gasteiger partial charge is 0.475 e. The zero-order valence-electron chi connectivity index (χ0n) is 22.9. The van der Waals surface area contributed by atoms with Gasteiger partial charge in [-0.3, -0.25) is 9.69 Å². The number of benzene rings is 1. The lowest BCUT2D eigenvalue weighted by Gasteiger charge is -2.44. The highest BCUT2D eigenvalue weighted by Crippen LogP contribution is 2.31. The van der Waals surface area contributed by atoms with Crippen LogP contribution >= 0.6 is 0 Å². The van der Waals surface area contributed by atoms with Gasteiger partial charge in [0.25, 0.3) is 5.91 Å². The van der Waals surface area contributed by atoms with Crippen LogP contribution in [0.4, 0.5) is 9.18 Å². The number of morpholine rings is 1. The molecule has 10 nitrogen and oxygen atoms in total. The van der Waals surface area contributed by atoms with Crippen molar-refractivity contribution in [3.8, 4) is 6.07 Å². The van der Waals surface area contributed by atoms with E-state index in [1.807, 2.05) is 20.8 Å². The number of likely N-dealkylation sites (tertiary alicyclic amines) is 1. The van der Waals surface area contributed by atoms with E-state index in [9.17, 15) is 29.3 Å². The van der Waals surface area contributed by atoms with Crippen LogP contribution in [-0.2, 0) is 20.7 Å². The van der Waals surface area contributed by atoms with E-state index in [4.69, 9.17) is 9.47 Å². The van der Waals surface area contributed by atoms with Crippen molar-refractivity contribution in [1.82, 2.24) is 15.1 Å². The molecule has 0 aliphatic carbocycles. The smallest absolute Gasteiger partial charge is 0.447 e. The number of carbonyl (C=O) groups excluding carboxylic acids is 2. The van der Waals surface area contributed by atoms with Crippen LogP contribution in [0.5, 0.6) is 0 Å². The van der Waals surface area contributed by atoms with Crippen molar-refractivity contribution < 1.29 is 33.5 Å². The molecule has 2 atom stereocenters. The molecule has 0 spiro atoms. The van der Waals surface area contributed by atoms with Gasteiger partial charge in [0, 0.05) is 25.2 Å². The van der Waals surface area contributed by atoms with E-state index in [1.165, 1.54) is 24.3 Å². The van der Waals surface area contributed by atoms with Gasteiger partial charge in [-0.2, -0.15) is 5.26 Å². The molecule has 2 heterocycles. The SMILES string of the molecule is CC(C)(C=C(C#N)C(=O)N1CCCC[C@]1(C)COC(=O)N[C@@H](Cc1ccc(F)cc1)B(O)O)N1CCOCC1. The summed E-state index contributed by atoms with van der Waals surface area (Å²) in [6.45, 7) is 8.60. The second kappa shape index (κ2) is 13.4. The van der Waals surface area contributed by atoms with Crippen LogP contribution in [0.1, 0.15) is 45.6 Å². The van der Waals surface area contributed by atoms with E-state index in [0.717, 1.165) is 12.8 Å². The van der Waals surface area contributed by atoms with Gasteiger partial charge in [0.05, 0.1) is 24.7 Å². The van der Waals surface area contributed by atoms with E-state index in [1.54, 1.807) is 11.0 Å². The molecule has 2 saturated heterocycles. The standard InChI is InChI=1S/C27H38BFN4O6/c1-26(2,32-12-14-38-15-13-32)17-21(18-30)24(34)33-11-5-4-10-27(33,3)19-39-25(35)31-23(28(36)37)16-20-6-8-22(29)9-7-20/h6-9,17,23,36-37H,4-5,10-16,19H2,1-3H3,(H,31,35)/t23-,27+/m0/s1. The molecule has 0 aromatic heterocycles. The molecule has 39 heavy (non-hydrogen) atoms. The number of nitrogens with zero attached hydrogens (tertiary/aromatic N) is 3. The fourth-order valence-corrected chi connectivity index (χ4v) is 5.07. The quantitative estimate of drug-likeness (QED) is 0.244. The average molecular weight is 544 g/mol. The van der Waals surface area contributed by atoms with Crippen molar-refractivity contribution in [3.63, 3.8) is 0 Å². The number of alkyl carbamates (subject to hydrolysis) is 1. The summed E-state index contributed by atoms with van der Waals surface area (Å²) in [4.78, 5) is 30.0. The lowest BCUT2D eigenvalue weighted by atomic mass is 9.76. The molecular formula is C27H38BFN4O6. The van der Waals surface area contributed by atoms with Crippen LogP contribution in [0.25, 0.3) is 0 Å². The molecule has 12 heteroatoms. The van der Waals surface area contributed by atoms with Gasteiger partial charge in [0.2, 0.25) is 0 Å². The van der Waals surface area contributed by atoms with Crippen LogP contribution < -0.4 is 5.32 Å². The number of halogens is 1. The Hall–Kier alpha value is -2.98. The predicted molar refractivity (Wildman–Crippen MR) is 143 cm³/mol. The van der Waals surface area contributed by atoms with Gasteiger partial charge in [-0.05, 0) is 70.2 Å². The first kappa shape index (κ1) is 30.6. The fourth-order valence-electron chi connectivity index (χ4n) is 5.07. The number of piperidine rings is 1. The zero-order chi connectivity index (χ0) is 28.6. The highest BCUT2D eigenvalue weighted by molar-refractivity contribution is 6.43. The van der Waals surface area contributed by atoms with E-state index < -0.39 is 42.0 Å². The second-order valence-corrected chi connectivity index (χ2v) is 10.9. The molecule has 1 aromatic carbocycles. The topological polar surface area (TPSA) is 135 Å². The van der Waals surface area contributed by atoms with Gasteiger partial charge in [-0.1, -0.05) is 12.1 Å². The highest BCUT2D eigenvalue weighted by Gasteiger charge is 2.41. The van der Waals surface area contributed by atoms with Gasteiger partial charge in [-0.15, -0.1) is 0 Å². The predicted octanol–water partition coefficient (Wildman–Crippen LogP) is 1.81. The number of rotatable bonds is 9. The second-order valence-electron chi connectivity index (χ2n) is 10.9. The summed E-state index contributed by atoms with van der Waals surface area (Å²) in [5.41, 5.74) is -0.748. The fraction of sp³-hybridized carbons (Fsp3) is 0.593. The third-order valence-electron chi connectivity index (χ3n) is 7.46. The first-order chi connectivity index (χ1) is 18.4. The maximum Gasteiger partial charge on any atom is 0.475 e. The minimum absolute atomic E-state index is 0.0341. The normalized spacial score (nSPS) is 21.6. The van der Waals surface area contributed by atoms with Crippen molar-refractivity contribution in [2.24, 2.45) is 0 Å². The summed E-state index contributed by atoms with van der Waals surface area (Å²) in [7, 11) is -1.87. The van der Waals surface area contributed by atoms with Crippen molar-refractivity contribution >= 4 is 19.1 Å².